The van der Waals surface area contributed by atoms with E-state index in [-0.39, 0.29) is 5.91 Å². The Morgan fingerprint density at radius 3 is 2.30 bits per heavy atom. The zero-order chi connectivity index (χ0) is 19.1. The van der Waals surface area contributed by atoms with Gasteiger partial charge in [-0.1, -0.05) is 85.8 Å². The first kappa shape index (κ1) is 20.7. The Bertz CT molecular complexity index is 722. The van der Waals surface area contributed by atoms with Crippen molar-refractivity contribution in [3.05, 3.63) is 35.4 Å². The number of aromatic nitrogens is 2. The molecule has 2 aromatic rings. The summed E-state index contributed by atoms with van der Waals surface area (Å²) in [4.78, 5) is 14.4. The van der Waals surface area contributed by atoms with E-state index in [2.05, 4.69) is 48.3 Å². The first-order chi connectivity index (χ1) is 13.1. The van der Waals surface area contributed by atoms with Gasteiger partial charge >= 0.3 is 0 Å². The smallest absolute Gasteiger partial charge is 0.233 e. The molecule has 146 valence electrons. The van der Waals surface area contributed by atoms with Crippen LogP contribution in [0.4, 0.5) is 0 Å². The highest BCUT2D eigenvalue weighted by Gasteiger charge is 2.16. The number of hydrogen-bond acceptors (Lipinski definition) is 6. The number of nitrogens with zero attached hydrogens (tertiary/aromatic N) is 3. The summed E-state index contributed by atoms with van der Waals surface area (Å²) in [6.45, 7) is 6.24. The van der Waals surface area contributed by atoms with Crippen molar-refractivity contribution in [1.29, 1.82) is 0 Å². The maximum absolute atomic E-state index is 12.4. The first-order valence-corrected chi connectivity index (χ1v) is 12.4. The number of thioether (sulfide) groups is 2. The standard InChI is InChI=1S/C20H27N3OS3/c1-15(2)17-9-7-16(8-10-17)13-25-19-21-22-20(27-19)26-14-18(24)23-11-5-3-4-6-12-23/h7-10,15H,3-6,11-14H2,1-2H3. The first-order valence-electron chi connectivity index (χ1n) is 9.57. The number of rotatable bonds is 7. The molecule has 0 unspecified atom stereocenters. The van der Waals surface area contributed by atoms with E-state index >= 15 is 0 Å². The summed E-state index contributed by atoms with van der Waals surface area (Å²) >= 11 is 4.81. The molecule has 1 aliphatic rings. The number of carbonyl (C=O) groups is 1. The van der Waals surface area contributed by atoms with Gasteiger partial charge in [-0.05, 0) is 29.9 Å². The van der Waals surface area contributed by atoms with Crippen LogP contribution >= 0.6 is 34.9 Å². The monoisotopic (exact) mass is 421 g/mol. The van der Waals surface area contributed by atoms with Gasteiger partial charge in [0, 0.05) is 18.8 Å². The Hall–Kier alpha value is -1.05. The van der Waals surface area contributed by atoms with Gasteiger partial charge in [-0.25, -0.2) is 0 Å². The fraction of sp³-hybridized carbons (Fsp3) is 0.550. The molecule has 1 aromatic carbocycles. The van der Waals surface area contributed by atoms with Crippen LogP contribution in [0, 0.1) is 0 Å². The van der Waals surface area contributed by atoms with E-state index < -0.39 is 0 Å². The average molecular weight is 422 g/mol. The minimum Gasteiger partial charge on any atom is -0.342 e. The van der Waals surface area contributed by atoms with Crippen LogP contribution in [-0.4, -0.2) is 39.8 Å². The van der Waals surface area contributed by atoms with Crippen LogP contribution in [-0.2, 0) is 10.5 Å². The predicted octanol–water partition coefficient (Wildman–Crippen LogP) is 5.45. The van der Waals surface area contributed by atoms with Gasteiger partial charge in [0.25, 0.3) is 0 Å². The van der Waals surface area contributed by atoms with Crippen LogP contribution in [0.15, 0.2) is 32.9 Å². The zero-order valence-electron chi connectivity index (χ0n) is 16.0. The van der Waals surface area contributed by atoms with Crippen LogP contribution < -0.4 is 0 Å². The second-order valence-electron chi connectivity index (χ2n) is 7.10. The number of benzene rings is 1. The lowest BCUT2D eigenvalue weighted by Gasteiger charge is -2.19. The molecule has 1 amide bonds. The summed E-state index contributed by atoms with van der Waals surface area (Å²) in [5.41, 5.74) is 2.66. The van der Waals surface area contributed by atoms with Gasteiger partial charge in [-0.2, -0.15) is 0 Å². The quantitative estimate of drug-likeness (QED) is 0.556. The van der Waals surface area contributed by atoms with Crippen molar-refractivity contribution in [2.45, 2.75) is 59.9 Å². The van der Waals surface area contributed by atoms with Gasteiger partial charge in [0.05, 0.1) is 5.75 Å². The van der Waals surface area contributed by atoms with Crippen molar-refractivity contribution < 1.29 is 4.79 Å². The molecule has 1 aromatic heterocycles. The Morgan fingerprint density at radius 2 is 1.67 bits per heavy atom. The van der Waals surface area contributed by atoms with E-state index in [9.17, 15) is 4.79 Å². The number of likely N-dealkylation sites (tertiary alicyclic amines) is 1. The van der Waals surface area contributed by atoms with Crippen LogP contribution in [0.1, 0.15) is 56.6 Å². The van der Waals surface area contributed by atoms with E-state index in [0.29, 0.717) is 11.7 Å². The third-order valence-electron chi connectivity index (χ3n) is 4.67. The lowest BCUT2D eigenvalue weighted by Crippen LogP contribution is -2.33. The molecule has 4 nitrogen and oxygen atoms in total. The molecular weight excluding hydrogens is 394 g/mol. The molecule has 2 heterocycles. The molecule has 1 saturated heterocycles. The summed E-state index contributed by atoms with van der Waals surface area (Å²) in [5.74, 6) is 2.16. The van der Waals surface area contributed by atoms with Crippen molar-refractivity contribution in [1.82, 2.24) is 15.1 Å². The van der Waals surface area contributed by atoms with Crippen molar-refractivity contribution in [2.75, 3.05) is 18.8 Å². The van der Waals surface area contributed by atoms with Gasteiger partial charge in [0.15, 0.2) is 8.68 Å². The Balaban J connectivity index is 1.44. The molecule has 7 heteroatoms. The van der Waals surface area contributed by atoms with Crippen LogP contribution in [0.3, 0.4) is 0 Å². The fourth-order valence-corrected chi connectivity index (χ4v) is 5.87. The Labute approximate surface area is 174 Å². The van der Waals surface area contributed by atoms with Gasteiger partial charge in [0.2, 0.25) is 5.91 Å². The molecule has 3 rings (SSSR count). The molecule has 0 radical (unpaired) electrons. The molecule has 0 spiro atoms. The third-order valence-corrected chi connectivity index (χ3v) is 7.92. The molecule has 0 bridgehead atoms. The number of carbonyl (C=O) groups excluding carboxylic acids is 1. The van der Waals surface area contributed by atoms with Crippen molar-refractivity contribution >= 4 is 40.8 Å². The largest absolute Gasteiger partial charge is 0.342 e. The lowest BCUT2D eigenvalue weighted by molar-refractivity contribution is -0.128. The van der Waals surface area contributed by atoms with Crippen LogP contribution in [0.25, 0.3) is 0 Å². The van der Waals surface area contributed by atoms with E-state index in [0.717, 1.165) is 40.4 Å². The van der Waals surface area contributed by atoms with Gasteiger partial charge in [-0.3, -0.25) is 4.79 Å². The molecule has 1 aliphatic heterocycles. The van der Waals surface area contributed by atoms with Gasteiger partial charge in [0.1, 0.15) is 0 Å². The summed E-state index contributed by atoms with van der Waals surface area (Å²) in [5, 5.41) is 8.51. The maximum atomic E-state index is 12.4. The molecule has 0 N–H and O–H groups in total. The highest BCUT2D eigenvalue weighted by Crippen LogP contribution is 2.31. The van der Waals surface area contributed by atoms with Gasteiger partial charge in [-0.15, -0.1) is 10.2 Å². The molecule has 0 aliphatic carbocycles. The minimum atomic E-state index is 0.233. The average Bonchev–Trinajstić information content (AvgIpc) is 2.95. The topological polar surface area (TPSA) is 46.1 Å². The molecule has 0 atom stereocenters. The second-order valence-corrected chi connectivity index (χ2v) is 10.5. The normalized spacial score (nSPS) is 15.1. The molecule has 1 fully saturated rings. The highest BCUT2D eigenvalue weighted by atomic mass is 32.2. The van der Waals surface area contributed by atoms with E-state index in [4.69, 9.17) is 0 Å². The highest BCUT2D eigenvalue weighted by molar-refractivity contribution is 8.03. The summed E-state index contributed by atoms with van der Waals surface area (Å²) in [6, 6.07) is 8.80. The Kier molecular flexibility index (Phi) is 8.03. The van der Waals surface area contributed by atoms with Crippen molar-refractivity contribution in [3.63, 3.8) is 0 Å². The summed E-state index contributed by atoms with van der Waals surface area (Å²) in [6.07, 6.45) is 4.75. The lowest BCUT2D eigenvalue weighted by atomic mass is 10.0. The van der Waals surface area contributed by atoms with E-state index in [1.807, 2.05) is 4.90 Å². The predicted molar refractivity (Wildman–Crippen MR) is 116 cm³/mol. The maximum Gasteiger partial charge on any atom is 0.233 e. The third kappa shape index (κ3) is 6.50. The van der Waals surface area contributed by atoms with Crippen molar-refractivity contribution in [3.8, 4) is 0 Å². The second kappa shape index (κ2) is 10.5. The van der Waals surface area contributed by atoms with Crippen LogP contribution in [0.2, 0.25) is 0 Å². The SMILES string of the molecule is CC(C)c1ccc(CSc2nnc(SCC(=O)N3CCCCCC3)s2)cc1. The summed E-state index contributed by atoms with van der Waals surface area (Å²) < 4.78 is 1.85. The number of hydrogen-bond donors (Lipinski definition) is 0. The zero-order valence-corrected chi connectivity index (χ0v) is 18.5. The molecule has 27 heavy (non-hydrogen) atoms. The summed E-state index contributed by atoms with van der Waals surface area (Å²) in [7, 11) is 0. The van der Waals surface area contributed by atoms with E-state index in [1.54, 1.807) is 23.1 Å². The number of amides is 1. The minimum absolute atomic E-state index is 0.233. The molecule has 0 saturated carbocycles. The Morgan fingerprint density at radius 1 is 1.04 bits per heavy atom. The fourth-order valence-electron chi connectivity index (χ4n) is 2.99. The van der Waals surface area contributed by atoms with Crippen molar-refractivity contribution in [2.24, 2.45) is 0 Å². The van der Waals surface area contributed by atoms with Gasteiger partial charge < -0.3 is 4.90 Å². The molecular formula is C20H27N3OS3. The van der Waals surface area contributed by atoms with Crippen LogP contribution in [0.5, 0.6) is 0 Å². The van der Waals surface area contributed by atoms with E-state index in [1.165, 1.54) is 35.7 Å².